The lowest BCUT2D eigenvalue weighted by Gasteiger charge is -2.46. The fourth-order valence-electron chi connectivity index (χ4n) is 4.86. The van der Waals surface area contributed by atoms with Crippen LogP contribution in [0.2, 0.25) is 0 Å². The van der Waals surface area contributed by atoms with Crippen LogP contribution in [0.15, 0.2) is 11.6 Å². The molecule has 0 saturated heterocycles. The van der Waals surface area contributed by atoms with Gasteiger partial charge in [0.1, 0.15) is 0 Å². The van der Waals surface area contributed by atoms with Gasteiger partial charge < -0.3 is 0 Å². The summed E-state index contributed by atoms with van der Waals surface area (Å²) in [6.07, 6.45) is 8.43. The first-order valence-corrected chi connectivity index (χ1v) is 6.34. The highest BCUT2D eigenvalue weighted by molar-refractivity contribution is 5.29. The molecule has 0 aliphatic heterocycles. The van der Waals surface area contributed by atoms with Crippen molar-refractivity contribution in [3.63, 3.8) is 0 Å². The molecule has 0 bridgehead atoms. The summed E-state index contributed by atoms with van der Waals surface area (Å²) >= 11 is 0. The summed E-state index contributed by atoms with van der Waals surface area (Å²) in [6, 6.07) is 0. The minimum Gasteiger partial charge on any atom is -0.0879 e. The van der Waals surface area contributed by atoms with Gasteiger partial charge in [-0.1, -0.05) is 25.5 Å². The molecule has 0 heterocycles. The Morgan fingerprint density at radius 2 is 2.07 bits per heavy atom. The van der Waals surface area contributed by atoms with Crippen molar-refractivity contribution in [2.45, 2.75) is 46.5 Å². The van der Waals surface area contributed by atoms with E-state index in [1.54, 1.807) is 0 Å². The van der Waals surface area contributed by atoms with Gasteiger partial charge in [-0.05, 0) is 61.7 Å². The summed E-state index contributed by atoms with van der Waals surface area (Å²) in [5.74, 6) is 3.96. The molecule has 0 N–H and O–H groups in total. The van der Waals surface area contributed by atoms with Crippen LogP contribution in [0.1, 0.15) is 46.5 Å². The van der Waals surface area contributed by atoms with Crippen molar-refractivity contribution in [3.05, 3.63) is 11.6 Å². The Hall–Kier alpha value is -0.260. The summed E-state index contributed by atoms with van der Waals surface area (Å²) in [7, 11) is 0. The van der Waals surface area contributed by atoms with Crippen molar-refractivity contribution in [2.24, 2.45) is 29.1 Å². The van der Waals surface area contributed by atoms with Gasteiger partial charge in [-0.3, -0.25) is 0 Å². The van der Waals surface area contributed by atoms with E-state index in [9.17, 15) is 0 Å². The summed E-state index contributed by atoms with van der Waals surface area (Å²) in [5, 5.41) is 0. The zero-order valence-electron chi connectivity index (χ0n) is 9.72. The van der Waals surface area contributed by atoms with Crippen molar-refractivity contribution in [2.75, 3.05) is 0 Å². The smallest absolute Gasteiger partial charge is 0.0141 e. The number of hydrogen-bond donors (Lipinski definition) is 0. The monoisotopic (exact) mass is 190 g/mol. The third-order valence-electron chi connectivity index (χ3n) is 5.71. The van der Waals surface area contributed by atoms with Gasteiger partial charge in [-0.25, -0.2) is 0 Å². The van der Waals surface area contributed by atoms with Gasteiger partial charge in [0.25, 0.3) is 0 Å². The molecule has 3 saturated carbocycles. The van der Waals surface area contributed by atoms with E-state index in [0.29, 0.717) is 0 Å². The van der Waals surface area contributed by atoms with Crippen LogP contribution >= 0.6 is 0 Å². The molecule has 0 aromatic rings. The minimum atomic E-state index is 0.720. The molecule has 0 aromatic heterocycles. The van der Waals surface area contributed by atoms with Crippen molar-refractivity contribution < 1.29 is 0 Å². The van der Waals surface area contributed by atoms with Crippen LogP contribution in [0.4, 0.5) is 0 Å². The number of fused-ring (bicyclic) bond motifs is 3. The molecule has 0 nitrogen and oxygen atoms in total. The predicted octanol–water partition coefficient (Wildman–Crippen LogP) is 4.02. The Bertz CT molecular complexity index is 288. The molecule has 3 aliphatic carbocycles. The van der Waals surface area contributed by atoms with Crippen LogP contribution in [0.5, 0.6) is 0 Å². The molecule has 0 amide bonds. The van der Waals surface area contributed by atoms with Crippen LogP contribution in [0, 0.1) is 29.1 Å². The van der Waals surface area contributed by atoms with Gasteiger partial charge in [0.15, 0.2) is 0 Å². The largest absolute Gasteiger partial charge is 0.0879 e. The van der Waals surface area contributed by atoms with Crippen molar-refractivity contribution in [1.29, 1.82) is 0 Å². The van der Waals surface area contributed by atoms with Crippen LogP contribution in [0.3, 0.4) is 0 Å². The van der Waals surface area contributed by atoms with E-state index in [4.69, 9.17) is 0 Å². The molecule has 0 unspecified atom stereocenters. The Labute approximate surface area is 87.8 Å². The molecule has 3 fully saturated rings. The van der Waals surface area contributed by atoms with E-state index in [1.165, 1.54) is 25.7 Å². The van der Waals surface area contributed by atoms with E-state index >= 15 is 0 Å². The van der Waals surface area contributed by atoms with E-state index in [-0.39, 0.29) is 0 Å². The lowest BCUT2D eigenvalue weighted by molar-refractivity contribution is 0.0476. The molecule has 3 aliphatic rings. The average Bonchev–Trinajstić information content (AvgIpc) is 2.59. The third-order valence-corrected chi connectivity index (χ3v) is 5.71. The molecule has 14 heavy (non-hydrogen) atoms. The second-order valence-electron chi connectivity index (χ2n) is 6.07. The molecule has 0 aromatic carbocycles. The van der Waals surface area contributed by atoms with Crippen LogP contribution in [-0.4, -0.2) is 0 Å². The molecular formula is C14H22. The topological polar surface area (TPSA) is 0 Å². The molecule has 0 heteroatoms. The van der Waals surface area contributed by atoms with E-state index in [1.807, 2.05) is 5.57 Å². The lowest BCUT2D eigenvalue weighted by Crippen LogP contribution is -2.37. The minimum absolute atomic E-state index is 0.720. The molecule has 0 spiro atoms. The second kappa shape index (κ2) is 2.65. The quantitative estimate of drug-likeness (QED) is 0.506. The zero-order chi connectivity index (χ0) is 9.92. The average molecular weight is 190 g/mol. The van der Waals surface area contributed by atoms with Crippen LogP contribution < -0.4 is 0 Å². The first-order chi connectivity index (χ1) is 6.68. The van der Waals surface area contributed by atoms with E-state index in [2.05, 4.69) is 26.8 Å². The summed E-state index contributed by atoms with van der Waals surface area (Å²) in [5.41, 5.74) is 2.56. The van der Waals surface area contributed by atoms with Gasteiger partial charge in [0, 0.05) is 0 Å². The Kier molecular flexibility index (Phi) is 1.70. The predicted molar refractivity (Wildman–Crippen MR) is 60.0 cm³/mol. The first-order valence-electron chi connectivity index (χ1n) is 6.34. The maximum atomic E-state index is 2.56. The summed E-state index contributed by atoms with van der Waals surface area (Å²) in [4.78, 5) is 0. The van der Waals surface area contributed by atoms with E-state index in [0.717, 1.165) is 29.1 Å². The standard InChI is InChI=1S/C14H22/c1-4-10-11-7-8-14(11,3)12-6-5-9(2)13(10)12/h4,9,11-13H,5-8H2,1-3H3/b10-4+/t9-,11+,12+,13+,14+/m0/s1. The van der Waals surface area contributed by atoms with Gasteiger partial charge in [0.05, 0.1) is 0 Å². The molecule has 5 atom stereocenters. The Balaban J connectivity index is 2.03. The molecule has 78 valence electrons. The van der Waals surface area contributed by atoms with Crippen LogP contribution in [-0.2, 0) is 0 Å². The third kappa shape index (κ3) is 0.816. The normalized spacial score (nSPS) is 58.4. The SMILES string of the molecule is C/C=C1/[C@@H]2[C@@H](CC[C@@H]2C)[C@]2(C)CC[C@H]12. The second-order valence-corrected chi connectivity index (χ2v) is 6.07. The fourth-order valence-corrected chi connectivity index (χ4v) is 4.86. The highest BCUT2D eigenvalue weighted by Gasteiger charge is 2.61. The molecule has 3 rings (SSSR count). The summed E-state index contributed by atoms with van der Waals surface area (Å²) < 4.78 is 0. The Morgan fingerprint density at radius 1 is 1.29 bits per heavy atom. The number of allylic oxidation sites excluding steroid dienone is 2. The number of hydrogen-bond acceptors (Lipinski definition) is 0. The first kappa shape index (κ1) is 9.00. The molecule has 0 radical (unpaired) electrons. The van der Waals surface area contributed by atoms with Crippen molar-refractivity contribution in [1.82, 2.24) is 0 Å². The van der Waals surface area contributed by atoms with Crippen molar-refractivity contribution >= 4 is 0 Å². The van der Waals surface area contributed by atoms with Crippen LogP contribution in [0.25, 0.3) is 0 Å². The summed E-state index contributed by atoms with van der Waals surface area (Å²) in [6.45, 7) is 7.30. The zero-order valence-corrected chi connectivity index (χ0v) is 9.72. The van der Waals surface area contributed by atoms with Gasteiger partial charge >= 0.3 is 0 Å². The van der Waals surface area contributed by atoms with Gasteiger partial charge in [-0.2, -0.15) is 0 Å². The van der Waals surface area contributed by atoms with Crippen molar-refractivity contribution in [3.8, 4) is 0 Å². The highest BCUT2D eigenvalue weighted by Crippen LogP contribution is 2.69. The lowest BCUT2D eigenvalue weighted by atomic mass is 9.59. The van der Waals surface area contributed by atoms with Gasteiger partial charge in [0.2, 0.25) is 0 Å². The maximum absolute atomic E-state index is 2.56. The highest BCUT2D eigenvalue weighted by atomic mass is 14.7. The molecular weight excluding hydrogens is 168 g/mol. The van der Waals surface area contributed by atoms with E-state index < -0.39 is 0 Å². The van der Waals surface area contributed by atoms with Gasteiger partial charge in [-0.15, -0.1) is 0 Å². The fraction of sp³-hybridized carbons (Fsp3) is 0.857. The number of rotatable bonds is 0. The maximum Gasteiger partial charge on any atom is -0.0141 e. The Morgan fingerprint density at radius 3 is 2.64 bits per heavy atom.